The van der Waals surface area contributed by atoms with Crippen molar-refractivity contribution in [2.24, 2.45) is 0 Å². The number of rotatable bonds is 4. The lowest BCUT2D eigenvalue weighted by atomic mass is 10.1. The highest BCUT2D eigenvalue weighted by atomic mass is 16.3. The minimum atomic E-state index is -0.624. The van der Waals surface area contributed by atoms with Gasteiger partial charge in [-0.3, -0.25) is 4.90 Å². The highest BCUT2D eigenvalue weighted by Crippen LogP contribution is 2.06. The van der Waals surface area contributed by atoms with Gasteiger partial charge in [-0.15, -0.1) is 0 Å². The van der Waals surface area contributed by atoms with Crippen molar-refractivity contribution in [1.29, 1.82) is 0 Å². The van der Waals surface area contributed by atoms with Crippen LogP contribution in [-0.2, 0) is 6.54 Å². The lowest BCUT2D eigenvalue weighted by molar-refractivity contribution is 0.0422. The van der Waals surface area contributed by atoms with Gasteiger partial charge in [-0.2, -0.15) is 0 Å². The molecule has 0 atom stereocenters. The lowest BCUT2D eigenvalue weighted by Gasteiger charge is -2.24. The van der Waals surface area contributed by atoms with Gasteiger partial charge >= 0.3 is 0 Å². The maximum atomic E-state index is 9.56. The highest BCUT2D eigenvalue weighted by molar-refractivity contribution is 5.03. The second-order valence-electron chi connectivity index (χ2n) is 4.18. The second-order valence-corrected chi connectivity index (χ2v) is 4.18. The zero-order valence-electron chi connectivity index (χ0n) is 8.54. The first kappa shape index (κ1) is 10.3. The summed E-state index contributed by atoms with van der Waals surface area (Å²) in [6.07, 6.45) is 1.91. The molecule has 1 aromatic rings. The average Bonchev–Trinajstić information content (AvgIpc) is 2.34. The van der Waals surface area contributed by atoms with Gasteiger partial charge in [0.2, 0.25) is 0 Å². The van der Waals surface area contributed by atoms with Crippen LogP contribution in [0.2, 0.25) is 0 Å². The SMILES string of the molecule is CN(Cc1ccc[nH]1)CC(C)(C)O. The van der Waals surface area contributed by atoms with Crippen molar-refractivity contribution in [3.63, 3.8) is 0 Å². The van der Waals surface area contributed by atoms with Crippen LogP contribution in [0.4, 0.5) is 0 Å². The zero-order valence-corrected chi connectivity index (χ0v) is 8.54. The molecule has 0 saturated heterocycles. The van der Waals surface area contributed by atoms with E-state index in [1.807, 2.05) is 39.2 Å². The van der Waals surface area contributed by atoms with Crippen LogP contribution < -0.4 is 0 Å². The third-order valence-electron chi connectivity index (χ3n) is 1.76. The van der Waals surface area contributed by atoms with E-state index in [0.29, 0.717) is 6.54 Å². The predicted molar refractivity (Wildman–Crippen MR) is 53.4 cm³/mol. The molecule has 0 aromatic carbocycles. The number of aromatic nitrogens is 1. The molecule has 0 saturated carbocycles. The van der Waals surface area contributed by atoms with E-state index >= 15 is 0 Å². The summed E-state index contributed by atoms with van der Waals surface area (Å²) in [7, 11) is 2.00. The summed E-state index contributed by atoms with van der Waals surface area (Å²) >= 11 is 0. The molecule has 0 amide bonds. The Morgan fingerprint density at radius 3 is 2.69 bits per heavy atom. The summed E-state index contributed by atoms with van der Waals surface area (Å²) in [5.74, 6) is 0. The Kier molecular flexibility index (Phi) is 3.12. The van der Waals surface area contributed by atoms with Crippen LogP contribution >= 0.6 is 0 Å². The zero-order chi connectivity index (χ0) is 9.90. The van der Waals surface area contributed by atoms with E-state index in [1.165, 1.54) is 5.69 Å². The Morgan fingerprint density at radius 2 is 2.23 bits per heavy atom. The largest absolute Gasteiger partial charge is 0.389 e. The number of nitrogens with zero attached hydrogens (tertiary/aromatic N) is 1. The molecule has 1 rings (SSSR count). The number of hydrogen-bond donors (Lipinski definition) is 2. The Morgan fingerprint density at radius 1 is 1.54 bits per heavy atom. The summed E-state index contributed by atoms with van der Waals surface area (Å²) in [6.45, 7) is 5.15. The fraction of sp³-hybridized carbons (Fsp3) is 0.600. The number of H-pyrrole nitrogens is 1. The Hall–Kier alpha value is -0.800. The van der Waals surface area contributed by atoms with Crippen molar-refractivity contribution in [3.8, 4) is 0 Å². The average molecular weight is 182 g/mol. The molecule has 0 aliphatic heterocycles. The summed E-state index contributed by atoms with van der Waals surface area (Å²) in [6, 6.07) is 4.02. The molecule has 0 unspecified atom stereocenters. The van der Waals surface area contributed by atoms with E-state index in [-0.39, 0.29) is 0 Å². The first-order valence-electron chi connectivity index (χ1n) is 4.50. The summed E-state index contributed by atoms with van der Waals surface area (Å²) < 4.78 is 0. The van der Waals surface area contributed by atoms with Crippen LogP contribution in [0.5, 0.6) is 0 Å². The molecule has 2 N–H and O–H groups in total. The number of nitrogens with one attached hydrogen (secondary N) is 1. The highest BCUT2D eigenvalue weighted by Gasteiger charge is 2.15. The standard InChI is InChI=1S/C10H18N2O/c1-10(2,13)8-12(3)7-9-5-4-6-11-9/h4-6,11,13H,7-8H2,1-3H3. The van der Waals surface area contributed by atoms with Gasteiger partial charge in [-0.1, -0.05) is 0 Å². The maximum absolute atomic E-state index is 9.56. The minimum Gasteiger partial charge on any atom is -0.389 e. The van der Waals surface area contributed by atoms with E-state index in [1.54, 1.807) is 0 Å². The van der Waals surface area contributed by atoms with Crippen LogP contribution in [0.15, 0.2) is 18.3 Å². The first-order valence-corrected chi connectivity index (χ1v) is 4.50. The number of aliphatic hydroxyl groups is 1. The van der Waals surface area contributed by atoms with Gasteiger partial charge in [-0.25, -0.2) is 0 Å². The molecule has 0 aliphatic rings. The van der Waals surface area contributed by atoms with Crippen molar-refractivity contribution in [3.05, 3.63) is 24.0 Å². The van der Waals surface area contributed by atoms with E-state index in [4.69, 9.17) is 0 Å². The van der Waals surface area contributed by atoms with Crippen molar-refractivity contribution < 1.29 is 5.11 Å². The molecule has 3 nitrogen and oxygen atoms in total. The molecule has 0 radical (unpaired) electrons. The van der Waals surface area contributed by atoms with Crippen molar-refractivity contribution >= 4 is 0 Å². The second kappa shape index (κ2) is 3.94. The molecule has 0 aliphatic carbocycles. The smallest absolute Gasteiger partial charge is 0.0718 e. The molecule has 0 spiro atoms. The van der Waals surface area contributed by atoms with Gasteiger partial charge in [0.1, 0.15) is 0 Å². The molecular weight excluding hydrogens is 164 g/mol. The van der Waals surface area contributed by atoms with Gasteiger partial charge < -0.3 is 10.1 Å². The van der Waals surface area contributed by atoms with Crippen LogP contribution in [0.25, 0.3) is 0 Å². The fourth-order valence-electron chi connectivity index (χ4n) is 1.47. The molecule has 0 fully saturated rings. The lowest BCUT2D eigenvalue weighted by Crippen LogP contribution is -2.35. The van der Waals surface area contributed by atoms with Gasteiger partial charge in [0, 0.05) is 25.0 Å². The molecule has 0 bridgehead atoms. The fourth-order valence-corrected chi connectivity index (χ4v) is 1.47. The third kappa shape index (κ3) is 4.10. The third-order valence-corrected chi connectivity index (χ3v) is 1.76. The van der Waals surface area contributed by atoms with E-state index in [2.05, 4.69) is 9.88 Å². The van der Waals surface area contributed by atoms with Crippen LogP contribution in [0.1, 0.15) is 19.5 Å². The maximum Gasteiger partial charge on any atom is 0.0718 e. The van der Waals surface area contributed by atoms with E-state index in [9.17, 15) is 5.11 Å². The Bertz CT molecular complexity index is 236. The topological polar surface area (TPSA) is 39.3 Å². The summed E-state index contributed by atoms with van der Waals surface area (Å²) in [5.41, 5.74) is 0.549. The van der Waals surface area contributed by atoms with Crippen molar-refractivity contribution in [2.75, 3.05) is 13.6 Å². The van der Waals surface area contributed by atoms with Gasteiger partial charge in [0.05, 0.1) is 5.60 Å². The monoisotopic (exact) mass is 182 g/mol. The molecule has 1 aromatic heterocycles. The number of likely N-dealkylation sites (N-methyl/N-ethyl adjacent to an activating group) is 1. The van der Waals surface area contributed by atoms with Gasteiger partial charge in [-0.05, 0) is 33.0 Å². The molecule has 3 heteroatoms. The quantitative estimate of drug-likeness (QED) is 0.735. The summed E-state index contributed by atoms with van der Waals surface area (Å²) in [5, 5.41) is 9.56. The Balaban J connectivity index is 2.38. The predicted octanol–water partition coefficient (Wildman–Crippen LogP) is 1.22. The Labute approximate surface area is 79.4 Å². The van der Waals surface area contributed by atoms with Crippen LogP contribution in [-0.4, -0.2) is 34.2 Å². The van der Waals surface area contributed by atoms with Crippen LogP contribution in [0, 0.1) is 0 Å². The first-order chi connectivity index (χ1) is 5.97. The van der Waals surface area contributed by atoms with Crippen molar-refractivity contribution in [2.45, 2.75) is 26.0 Å². The number of hydrogen-bond acceptors (Lipinski definition) is 2. The molecule has 74 valence electrons. The molecule has 1 heterocycles. The van der Waals surface area contributed by atoms with E-state index in [0.717, 1.165) is 6.54 Å². The molecular formula is C10H18N2O. The summed E-state index contributed by atoms with van der Waals surface area (Å²) in [4.78, 5) is 5.22. The van der Waals surface area contributed by atoms with Crippen LogP contribution in [0.3, 0.4) is 0 Å². The van der Waals surface area contributed by atoms with Gasteiger partial charge in [0.15, 0.2) is 0 Å². The minimum absolute atomic E-state index is 0.624. The molecule has 13 heavy (non-hydrogen) atoms. The van der Waals surface area contributed by atoms with Gasteiger partial charge in [0.25, 0.3) is 0 Å². The number of aromatic amines is 1. The van der Waals surface area contributed by atoms with Crippen molar-refractivity contribution in [1.82, 2.24) is 9.88 Å². The van der Waals surface area contributed by atoms with E-state index < -0.39 is 5.60 Å². The normalized spacial score (nSPS) is 12.4.